The van der Waals surface area contributed by atoms with Gasteiger partial charge in [-0.05, 0) is 48.2 Å². The van der Waals surface area contributed by atoms with Gasteiger partial charge in [-0.3, -0.25) is 0 Å². The van der Waals surface area contributed by atoms with Crippen molar-refractivity contribution in [3.8, 4) is 0 Å². The second kappa shape index (κ2) is 9.57. The molecule has 1 aromatic heterocycles. The molecule has 9 heteroatoms. The Labute approximate surface area is 199 Å². The summed E-state index contributed by atoms with van der Waals surface area (Å²) in [6.07, 6.45) is 1.67. The lowest BCUT2D eigenvalue weighted by molar-refractivity contribution is 0.529. The Bertz CT molecular complexity index is 1160. The molecule has 0 atom stereocenters. The van der Waals surface area contributed by atoms with Crippen molar-refractivity contribution in [1.29, 1.82) is 0 Å². The molecule has 3 aromatic rings. The first-order valence-corrected chi connectivity index (χ1v) is 13.8. The van der Waals surface area contributed by atoms with E-state index in [9.17, 15) is 12.8 Å². The molecular weight excluding hydrogens is 523 g/mol. The van der Waals surface area contributed by atoms with Crippen molar-refractivity contribution in [2.45, 2.75) is 34.7 Å². The number of piperidine rings is 1. The molecule has 0 amide bonds. The highest BCUT2D eigenvalue weighted by molar-refractivity contribution is 9.08. The molecule has 4 nitrogen and oxygen atoms in total. The van der Waals surface area contributed by atoms with Crippen LogP contribution >= 0.6 is 38.9 Å². The van der Waals surface area contributed by atoms with Crippen LogP contribution in [0.3, 0.4) is 0 Å². The third-order valence-corrected chi connectivity index (χ3v) is 9.65. The van der Waals surface area contributed by atoms with Gasteiger partial charge in [0.15, 0.2) is 15.0 Å². The molecule has 1 aliphatic rings. The number of alkyl halides is 1. The maximum absolute atomic E-state index is 13.7. The van der Waals surface area contributed by atoms with E-state index in [1.165, 1.54) is 17.4 Å². The predicted molar refractivity (Wildman–Crippen MR) is 128 cm³/mol. The van der Waals surface area contributed by atoms with Crippen molar-refractivity contribution >= 4 is 53.8 Å². The van der Waals surface area contributed by atoms with Gasteiger partial charge in [-0.1, -0.05) is 45.7 Å². The van der Waals surface area contributed by atoms with Crippen LogP contribution in [0, 0.1) is 5.82 Å². The zero-order valence-electron chi connectivity index (χ0n) is 16.6. The van der Waals surface area contributed by atoms with Gasteiger partial charge < -0.3 is 4.90 Å². The first-order valence-electron chi connectivity index (χ1n) is 9.89. The average Bonchev–Trinajstić information content (AvgIpc) is 3.25. The number of anilines is 1. The summed E-state index contributed by atoms with van der Waals surface area (Å²) in [5, 5.41) is 3.28. The van der Waals surface area contributed by atoms with E-state index in [2.05, 4.69) is 25.8 Å². The van der Waals surface area contributed by atoms with E-state index in [4.69, 9.17) is 11.6 Å². The van der Waals surface area contributed by atoms with E-state index >= 15 is 0 Å². The SMILES string of the molecule is O=S(=O)(c1ccc(CBr)cc1)C1CCN(c2nc(Cc3ccc(Cl)c(F)c3)cs2)CC1. The molecule has 0 unspecified atom stereocenters. The third-order valence-electron chi connectivity index (χ3n) is 5.47. The minimum atomic E-state index is -3.34. The van der Waals surface area contributed by atoms with Crippen molar-refractivity contribution < 1.29 is 12.8 Å². The summed E-state index contributed by atoms with van der Waals surface area (Å²) in [7, 11) is -3.34. The number of thiazole rings is 1. The Morgan fingerprint density at radius 1 is 1.13 bits per heavy atom. The lowest BCUT2D eigenvalue weighted by atomic mass is 10.1. The molecule has 0 spiro atoms. The first-order chi connectivity index (χ1) is 14.9. The van der Waals surface area contributed by atoms with Crippen molar-refractivity contribution in [3.05, 3.63) is 75.5 Å². The summed E-state index contributed by atoms with van der Waals surface area (Å²) >= 11 is 10.7. The second-order valence-corrected chi connectivity index (χ2v) is 11.6. The summed E-state index contributed by atoms with van der Waals surface area (Å²) in [4.78, 5) is 7.21. The van der Waals surface area contributed by atoms with Crippen molar-refractivity contribution in [2.24, 2.45) is 0 Å². The van der Waals surface area contributed by atoms with Crippen molar-refractivity contribution in [3.63, 3.8) is 0 Å². The van der Waals surface area contributed by atoms with Crippen LogP contribution in [0.25, 0.3) is 0 Å². The van der Waals surface area contributed by atoms with E-state index in [1.807, 2.05) is 17.5 Å². The molecular formula is C22H21BrClFN2O2S2. The maximum Gasteiger partial charge on any atom is 0.185 e. The molecule has 2 aromatic carbocycles. The zero-order valence-corrected chi connectivity index (χ0v) is 20.6. The highest BCUT2D eigenvalue weighted by atomic mass is 79.9. The van der Waals surface area contributed by atoms with Gasteiger partial charge in [0.2, 0.25) is 0 Å². The van der Waals surface area contributed by atoms with Gasteiger partial charge in [0.05, 0.1) is 20.9 Å². The summed E-state index contributed by atoms with van der Waals surface area (Å²) < 4.78 is 39.7. The van der Waals surface area contributed by atoms with E-state index in [0.717, 1.165) is 22.0 Å². The maximum atomic E-state index is 13.7. The lowest BCUT2D eigenvalue weighted by Gasteiger charge is -2.31. The molecule has 0 radical (unpaired) electrons. The van der Waals surface area contributed by atoms with Gasteiger partial charge in [-0.15, -0.1) is 11.3 Å². The fourth-order valence-corrected chi connectivity index (χ4v) is 6.80. The van der Waals surface area contributed by atoms with E-state index in [-0.39, 0.29) is 10.3 Å². The second-order valence-electron chi connectivity index (χ2n) is 7.56. The van der Waals surface area contributed by atoms with Crippen LogP contribution in [-0.4, -0.2) is 31.7 Å². The molecule has 1 aliphatic heterocycles. The lowest BCUT2D eigenvalue weighted by Crippen LogP contribution is -2.39. The number of hydrogen-bond acceptors (Lipinski definition) is 5. The van der Waals surface area contributed by atoms with Crippen LogP contribution in [0.5, 0.6) is 0 Å². The normalized spacial score (nSPS) is 15.4. The van der Waals surface area contributed by atoms with Crippen LogP contribution in [0.2, 0.25) is 5.02 Å². The Morgan fingerprint density at radius 3 is 2.45 bits per heavy atom. The minimum absolute atomic E-state index is 0.111. The molecule has 4 rings (SSSR count). The number of hydrogen-bond donors (Lipinski definition) is 0. The number of halogens is 3. The molecule has 0 N–H and O–H groups in total. The van der Waals surface area contributed by atoms with Crippen molar-refractivity contribution in [1.82, 2.24) is 4.98 Å². The van der Waals surface area contributed by atoms with Crippen LogP contribution < -0.4 is 4.90 Å². The number of aromatic nitrogens is 1. The fourth-order valence-electron chi connectivity index (χ4n) is 3.70. The molecule has 0 saturated carbocycles. The monoisotopic (exact) mass is 542 g/mol. The number of benzene rings is 2. The molecule has 2 heterocycles. The Morgan fingerprint density at radius 2 is 1.81 bits per heavy atom. The number of rotatable bonds is 6. The number of sulfone groups is 1. The predicted octanol–water partition coefficient (Wildman–Crippen LogP) is 5.86. The van der Waals surface area contributed by atoms with E-state index < -0.39 is 15.7 Å². The third kappa shape index (κ3) is 5.13. The van der Waals surface area contributed by atoms with Gasteiger partial charge in [0, 0.05) is 30.2 Å². The highest BCUT2D eigenvalue weighted by Crippen LogP contribution is 2.30. The Hall–Kier alpha value is -1.48. The smallest absolute Gasteiger partial charge is 0.185 e. The Balaban J connectivity index is 1.39. The fraction of sp³-hybridized carbons (Fsp3) is 0.318. The van der Waals surface area contributed by atoms with Crippen LogP contribution in [-0.2, 0) is 21.6 Å². The molecule has 0 aliphatic carbocycles. The molecule has 31 heavy (non-hydrogen) atoms. The van der Waals surface area contributed by atoms with E-state index in [1.54, 1.807) is 24.3 Å². The minimum Gasteiger partial charge on any atom is -0.348 e. The first kappa shape index (κ1) is 22.7. The molecule has 1 saturated heterocycles. The van der Waals surface area contributed by atoms with Crippen molar-refractivity contribution in [2.75, 3.05) is 18.0 Å². The van der Waals surface area contributed by atoms with Crippen LogP contribution in [0.15, 0.2) is 52.7 Å². The summed E-state index contributed by atoms with van der Waals surface area (Å²) in [5.74, 6) is -0.431. The summed E-state index contributed by atoms with van der Waals surface area (Å²) in [6.45, 7) is 1.29. The highest BCUT2D eigenvalue weighted by Gasteiger charge is 2.32. The van der Waals surface area contributed by atoms with E-state index in [0.29, 0.717) is 42.6 Å². The molecule has 164 valence electrons. The van der Waals surface area contributed by atoms with Gasteiger partial charge in [-0.25, -0.2) is 17.8 Å². The summed E-state index contributed by atoms with van der Waals surface area (Å²) in [5.41, 5.74) is 2.73. The molecule has 1 fully saturated rings. The van der Waals surface area contributed by atoms with Gasteiger partial charge in [-0.2, -0.15) is 0 Å². The van der Waals surface area contributed by atoms with Crippen LogP contribution in [0.1, 0.15) is 29.7 Å². The standard InChI is InChI=1S/C22H21BrClFN2O2S2/c23-13-15-1-4-18(5-2-15)31(28,29)19-7-9-27(10-8-19)22-26-17(14-30-22)11-16-3-6-20(24)21(25)12-16/h1-6,12,14,19H,7-11,13H2. The summed E-state index contributed by atoms with van der Waals surface area (Å²) in [6, 6.07) is 11.9. The Kier molecular flexibility index (Phi) is 7.01. The quantitative estimate of drug-likeness (QED) is 0.365. The largest absolute Gasteiger partial charge is 0.348 e. The van der Waals surface area contributed by atoms with Crippen LogP contribution in [0.4, 0.5) is 9.52 Å². The van der Waals surface area contributed by atoms with Gasteiger partial charge in [0.1, 0.15) is 5.82 Å². The number of nitrogens with zero attached hydrogens (tertiary/aromatic N) is 2. The molecule has 0 bridgehead atoms. The van der Waals surface area contributed by atoms with Gasteiger partial charge >= 0.3 is 0 Å². The van der Waals surface area contributed by atoms with Gasteiger partial charge in [0.25, 0.3) is 0 Å². The topological polar surface area (TPSA) is 50.3 Å². The average molecular weight is 544 g/mol. The zero-order chi connectivity index (χ0) is 22.0.